The van der Waals surface area contributed by atoms with Gasteiger partial charge in [0.15, 0.2) is 5.82 Å². The SMILES string of the molecule is CCC1SCCSC1c1noc(CC2CCCCC2N)n1. The van der Waals surface area contributed by atoms with Gasteiger partial charge in [-0.05, 0) is 25.2 Å². The standard InChI is InChI=1S/C15H25N3OS2/c1-2-12-14(21-8-7-20-12)15-17-13(19-18-15)9-10-5-3-4-6-11(10)16/h10-12,14H,2-9,16H2,1H3. The molecule has 1 aromatic heterocycles. The Balaban J connectivity index is 1.65. The van der Waals surface area contributed by atoms with Crippen molar-refractivity contribution in [3.8, 4) is 0 Å². The van der Waals surface area contributed by atoms with Crippen LogP contribution in [0.25, 0.3) is 0 Å². The third-order valence-electron chi connectivity index (χ3n) is 4.60. The summed E-state index contributed by atoms with van der Waals surface area (Å²) >= 11 is 4.03. The van der Waals surface area contributed by atoms with Gasteiger partial charge in [-0.15, -0.1) is 11.8 Å². The van der Waals surface area contributed by atoms with Gasteiger partial charge in [-0.2, -0.15) is 16.7 Å². The summed E-state index contributed by atoms with van der Waals surface area (Å²) in [7, 11) is 0. The first-order valence-corrected chi connectivity index (χ1v) is 10.2. The Morgan fingerprint density at radius 1 is 1.24 bits per heavy atom. The maximum absolute atomic E-state index is 6.22. The zero-order valence-electron chi connectivity index (χ0n) is 12.7. The summed E-state index contributed by atoms with van der Waals surface area (Å²) in [6, 6.07) is 0.303. The summed E-state index contributed by atoms with van der Waals surface area (Å²) in [5.41, 5.74) is 6.22. The van der Waals surface area contributed by atoms with E-state index in [1.807, 2.05) is 23.5 Å². The second-order valence-corrected chi connectivity index (χ2v) is 8.66. The van der Waals surface area contributed by atoms with E-state index in [0.717, 1.165) is 24.6 Å². The lowest BCUT2D eigenvalue weighted by atomic mass is 9.83. The maximum atomic E-state index is 6.22. The van der Waals surface area contributed by atoms with Crippen LogP contribution in [0, 0.1) is 5.92 Å². The normalized spacial score (nSPS) is 34.0. The predicted molar refractivity (Wildman–Crippen MR) is 89.7 cm³/mol. The van der Waals surface area contributed by atoms with Crippen LogP contribution in [0.1, 0.15) is 56.0 Å². The highest BCUT2D eigenvalue weighted by Crippen LogP contribution is 2.43. The molecule has 2 fully saturated rings. The van der Waals surface area contributed by atoms with Crippen molar-refractivity contribution in [3.63, 3.8) is 0 Å². The fraction of sp³-hybridized carbons (Fsp3) is 0.867. The smallest absolute Gasteiger partial charge is 0.227 e. The topological polar surface area (TPSA) is 64.9 Å². The molecular weight excluding hydrogens is 302 g/mol. The van der Waals surface area contributed by atoms with Crippen LogP contribution >= 0.6 is 23.5 Å². The quantitative estimate of drug-likeness (QED) is 0.914. The zero-order valence-corrected chi connectivity index (χ0v) is 14.3. The number of thioether (sulfide) groups is 2. The van der Waals surface area contributed by atoms with Crippen molar-refractivity contribution >= 4 is 23.5 Å². The number of aromatic nitrogens is 2. The largest absolute Gasteiger partial charge is 0.339 e. The molecule has 1 saturated carbocycles. The van der Waals surface area contributed by atoms with Crippen molar-refractivity contribution in [1.82, 2.24) is 10.1 Å². The molecule has 3 rings (SSSR count). The number of hydrogen-bond acceptors (Lipinski definition) is 6. The monoisotopic (exact) mass is 327 g/mol. The molecule has 0 amide bonds. The van der Waals surface area contributed by atoms with E-state index in [2.05, 4.69) is 12.1 Å². The van der Waals surface area contributed by atoms with E-state index in [1.54, 1.807) is 0 Å². The average Bonchev–Trinajstić information content (AvgIpc) is 2.98. The predicted octanol–water partition coefficient (Wildman–Crippen LogP) is 3.43. The molecule has 0 bridgehead atoms. The van der Waals surface area contributed by atoms with Crippen molar-refractivity contribution in [1.29, 1.82) is 0 Å². The molecule has 118 valence electrons. The Bertz CT molecular complexity index is 454. The Morgan fingerprint density at radius 3 is 2.86 bits per heavy atom. The van der Waals surface area contributed by atoms with Gasteiger partial charge < -0.3 is 10.3 Å². The Morgan fingerprint density at radius 2 is 2.05 bits per heavy atom. The summed E-state index contributed by atoms with van der Waals surface area (Å²) in [6.07, 6.45) is 6.91. The van der Waals surface area contributed by atoms with Gasteiger partial charge >= 0.3 is 0 Å². The first-order chi connectivity index (χ1) is 10.3. The summed E-state index contributed by atoms with van der Waals surface area (Å²) in [5.74, 6) is 4.63. The van der Waals surface area contributed by atoms with Crippen molar-refractivity contribution in [3.05, 3.63) is 11.7 Å². The van der Waals surface area contributed by atoms with Gasteiger partial charge in [-0.25, -0.2) is 0 Å². The molecule has 2 aliphatic rings. The molecule has 6 heteroatoms. The molecule has 4 nitrogen and oxygen atoms in total. The number of hydrogen-bond donors (Lipinski definition) is 1. The second kappa shape index (κ2) is 7.38. The lowest BCUT2D eigenvalue weighted by Crippen LogP contribution is -2.34. The Kier molecular flexibility index (Phi) is 5.51. The van der Waals surface area contributed by atoms with Crippen molar-refractivity contribution in [2.45, 2.75) is 62.0 Å². The van der Waals surface area contributed by atoms with E-state index < -0.39 is 0 Å². The molecule has 0 spiro atoms. The fourth-order valence-electron chi connectivity index (χ4n) is 3.32. The lowest BCUT2D eigenvalue weighted by molar-refractivity contribution is 0.272. The van der Waals surface area contributed by atoms with Gasteiger partial charge in [0.05, 0.1) is 5.25 Å². The van der Waals surface area contributed by atoms with E-state index in [0.29, 0.717) is 22.5 Å². The average molecular weight is 328 g/mol. The van der Waals surface area contributed by atoms with Gasteiger partial charge in [0.25, 0.3) is 0 Å². The third-order valence-corrected chi connectivity index (χ3v) is 7.84. The highest BCUT2D eigenvalue weighted by Gasteiger charge is 2.31. The van der Waals surface area contributed by atoms with Crippen molar-refractivity contribution < 1.29 is 4.52 Å². The minimum atomic E-state index is 0.303. The maximum Gasteiger partial charge on any atom is 0.227 e. The minimum Gasteiger partial charge on any atom is -0.339 e. The van der Waals surface area contributed by atoms with Crippen LogP contribution in [0.5, 0.6) is 0 Å². The molecule has 0 aromatic carbocycles. The molecule has 1 aromatic rings. The van der Waals surface area contributed by atoms with E-state index in [4.69, 9.17) is 15.2 Å². The summed E-state index contributed by atoms with van der Waals surface area (Å²) in [5, 5.41) is 5.28. The van der Waals surface area contributed by atoms with Crippen molar-refractivity contribution in [2.24, 2.45) is 11.7 Å². The minimum absolute atomic E-state index is 0.303. The summed E-state index contributed by atoms with van der Waals surface area (Å²) in [4.78, 5) is 4.69. The van der Waals surface area contributed by atoms with E-state index in [-0.39, 0.29) is 0 Å². The van der Waals surface area contributed by atoms with Crippen LogP contribution in [0.3, 0.4) is 0 Å². The molecule has 21 heavy (non-hydrogen) atoms. The number of rotatable bonds is 4. The van der Waals surface area contributed by atoms with Gasteiger partial charge in [-0.3, -0.25) is 0 Å². The number of nitrogens with two attached hydrogens (primary N) is 1. The van der Waals surface area contributed by atoms with Gasteiger partial charge in [-0.1, -0.05) is 24.9 Å². The highest BCUT2D eigenvalue weighted by molar-refractivity contribution is 8.06. The molecule has 1 aliphatic carbocycles. The van der Waals surface area contributed by atoms with Gasteiger partial charge in [0.1, 0.15) is 0 Å². The molecule has 0 radical (unpaired) electrons. The first-order valence-electron chi connectivity index (χ1n) is 8.09. The molecule has 2 N–H and O–H groups in total. The Hall–Kier alpha value is -0.200. The lowest BCUT2D eigenvalue weighted by Gasteiger charge is -2.27. The molecule has 4 atom stereocenters. The molecule has 4 unspecified atom stereocenters. The first kappa shape index (κ1) is 15.7. The van der Waals surface area contributed by atoms with E-state index >= 15 is 0 Å². The summed E-state index contributed by atoms with van der Waals surface area (Å²) in [6.45, 7) is 2.25. The Labute approximate surface area is 135 Å². The van der Waals surface area contributed by atoms with Crippen LogP contribution < -0.4 is 5.73 Å². The zero-order chi connectivity index (χ0) is 14.7. The van der Waals surface area contributed by atoms with E-state index in [1.165, 1.54) is 37.2 Å². The van der Waals surface area contributed by atoms with Crippen LogP contribution in [0.15, 0.2) is 4.52 Å². The van der Waals surface area contributed by atoms with Gasteiger partial charge in [0, 0.05) is 29.2 Å². The van der Waals surface area contributed by atoms with Crippen LogP contribution in [0.2, 0.25) is 0 Å². The number of nitrogens with zero attached hydrogens (tertiary/aromatic N) is 2. The summed E-state index contributed by atoms with van der Waals surface area (Å²) < 4.78 is 5.52. The molecule has 1 aliphatic heterocycles. The second-order valence-electron chi connectivity index (χ2n) is 6.07. The van der Waals surface area contributed by atoms with E-state index in [9.17, 15) is 0 Å². The van der Waals surface area contributed by atoms with Crippen molar-refractivity contribution in [2.75, 3.05) is 11.5 Å². The fourth-order valence-corrected chi connectivity index (χ4v) is 6.30. The third kappa shape index (κ3) is 3.77. The van der Waals surface area contributed by atoms with Crippen LogP contribution in [-0.4, -0.2) is 32.9 Å². The van der Waals surface area contributed by atoms with Gasteiger partial charge in [0.2, 0.25) is 5.89 Å². The van der Waals surface area contributed by atoms with Crippen LogP contribution in [0.4, 0.5) is 0 Å². The molecule has 2 heterocycles. The van der Waals surface area contributed by atoms with Crippen LogP contribution in [-0.2, 0) is 6.42 Å². The highest BCUT2D eigenvalue weighted by atomic mass is 32.2. The molecular formula is C15H25N3OS2. The molecule has 1 saturated heterocycles.